The Labute approximate surface area is 272 Å². The quantitative estimate of drug-likeness (QED) is 0.135. The van der Waals surface area contributed by atoms with Crippen molar-refractivity contribution in [3.8, 4) is 0 Å². The molecule has 3 aliphatic rings. The first-order chi connectivity index (χ1) is 21.7. The van der Waals surface area contributed by atoms with Gasteiger partial charge in [0.15, 0.2) is 0 Å². The predicted molar refractivity (Wildman–Crippen MR) is 184 cm³/mol. The molecule has 0 aromatic heterocycles. The zero-order chi connectivity index (χ0) is 31.7. The van der Waals surface area contributed by atoms with E-state index in [1.807, 2.05) is 18.2 Å². The molecule has 1 unspecified atom stereocenters. The summed E-state index contributed by atoms with van der Waals surface area (Å²) in [4.78, 5) is 14.2. The number of rotatable bonds is 10. The van der Waals surface area contributed by atoms with E-state index in [1.165, 1.54) is 10.4 Å². The van der Waals surface area contributed by atoms with Crippen LogP contribution < -0.4 is 10.4 Å². The van der Waals surface area contributed by atoms with Crippen molar-refractivity contribution in [3.05, 3.63) is 96.6 Å². The zero-order valence-corrected chi connectivity index (χ0v) is 29.1. The van der Waals surface area contributed by atoms with Gasteiger partial charge in [0.1, 0.15) is 12.6 Å². The third-order valence-corrected chi connectivity index (χ3v) is 15.2. The van der Waals surface area contributed by atoms with Crippen LogP contribution in [0.4, 0.5) is 0 Å². The van der Waals surface area contributed by atoms with Gasteiger partial charge in [0.05, 0.1) is 18.8 Å². The van der Waals surface area contributed by atoms with Crippen molar-refractivity contribution in [2.45, 2.75) is 92.0 Å². The minimum Gasteiger partial charge on any atom is -0.407 e. The van der Waals surface area contributed by atoms with E-state index in [-0.39, 0.29) is 47.1 Å². The van der Waals surface area contributed by atoms with Crippen molar-refractivity contribution >= 4 is 25.2 Å². The Morgan fingerprint density at radius 3 is 2.04 bits per heavy atom. The standard InChI is InChI=1S/C40H52O4Si/c1-6-38(4)26-35(44-45(32-18-12-8-13-19-32)33-20-14-9-15-21-33)39(5)29(2)22-24-40(25-23-34(41)36(39)40)30(3)37(38)43-28-42-27-31-16-10-7-11-17-31/h7-21,29-30,35-37,45H,6,22-28H2,1-5H3/t29-,30+,35-,36?,37+,38-,39+,40+/m1/s1. The van der Waals surface area contributed by atoms with Crippen LogP contribution in [0.1, 0.15) is 78.7 Å². The maximum atomic E-state index is 14.2. The molecule has 240 valence electrons. The van der Waals surface area contributed by atoms with Crippen molar-refractivity contribution in [2.24, 2.45) is 34.0 Å². The van der Waals surface area contributed by atoms with E-state index in [0.29, 0.717) is 24.7 Å². The first-order valence-electron chi connectivity index (χ1n) is 17.2. The molecule has 5 heteroatoms. The third-order valence-electron chi connectivity index (χ3n) is 12.6. The molecule has 6 rings (SSSR count). The van der Waals surface area contributed by atoms with E-state index in [4.69, 9.17) is 13.9 Å². The molecule has 3 saturated carbocycles. The molecule has 8 atom stereocenters. The Hall–Kier alpha value is -2.57. The Bertz CT molecular complexity index is 1380. The first-order valence-corrected chi connectivity index (χ1v) is 18.9. The Kier molecular flexibility index (Phi) is 9.55. The molecule has 0 saturated heterocycles. The van der Waals surface area contributed by atoms with Gasteiger partial charge in [-0.15, -0.1) is 0 Å². The average Bonchev–Trinajstić information content (AvgIpc) is 3.43. The highest BCUT2D eigenvalue weighted by Gasteiger charge is 2.68. The van der Waals surface area contributed by atoms with Crippen LogP contribution in [-0.4, -0.2) is 33.8 Å². The topological polar surface area (TPSA) is 44.8 Å². The summed E-state index contributed by atoms with van der Waals surface area (Å²) in [6.07, 6.45) is 5.56. The van der Waals surface area contributed by atoms with Gasteiger partial charge in [0, 0.05) is 17.8 Å². The second kappa shape index (κ2) is 13.3. The molecule has 45 heavy (non-hydrogen) atoms. The molecule has 2 bridgehead atoms. The second-order valence-electron chi connectivity index (χ2n) is 14.8. The van der Waals surface area contributed by atoms with Gasteiger partial charge in [-0.2, -0.15) is 0 Å². The highest BCUT2D eigenvalue weighted by Crippen LogP contribution is 2.68. The fourth-order valence-electron chi connectivity index (χ4n) is 9.68. The Morgan fingerprint density at radius 2 is 1.44 bits per heavy atom. The van der Waals surface area contributed by atoms with E-state index < -0.39 is 9.04 Å². The number of hydrogen-bond donors (Lipinski definition) is 0. The van der Waals surface area contributed by atoms with E-state index in [1.54, 1.807) is 0 Å². The minimum absolute atomic E-state index is 0.0207. The maximum absolute atomic E-state index is 14.2. The van der Waals surface area contributed by atoms with Crippen molar-refractivity contribution < 1.29 is 18.7 Å². The van der Waals surface area contributed by atoms with Crippen LogP contribution in [0, 0.1) is 34.0 Å². The average molecular weight is 625 g/mol. The van der Waals surface area contributed by atoms with E-state index in [2.05, 4.69) is 107 Å². The number of ketones is 1. The van der Waals surface area contributed by atoms with Crippen molar-refractivity contribution in [1.29, 1.82) is 0 Å². The molecule has 0 heterocycles. The number of hydrogen-bond acceptors (Lipinski definition) is 4. The molecule has 0 spiro atoms. The fraction of sp³-hybridized carbons (Fsp3) is 0.525. The van der Waals surface area contributed by atoms with Gasteiger partial charge in [-0.25, -0.2) is 0 Å². The molecule has 0 aliphatic heterocycles. The highest BCUT2D eigenvalue weighted by atomic mass is 28.3. The summed E-state index contributed by atoms with van der Waals surface area (Å²) >= 11 is 0. The summed E-state index contributed by atoms with van der Waals surface area (Å²) in [6, 6.07) is 32.0. The molecule has 3 fully saturated rings. The van der Waals surface area contributed by atoms with E-state index >= 15 is 0 Å². The molecule has 3 aromatic rings. The molecule has 0 amide bonds. The van der Waals surface area contributed by atoms with Crippen LogP contribution in [0.2, 0.25) is 0 Å². The predicted octanol–water partition coefficient (Wildman–Crippen LogP) is 7.33. The summed E-state index contributed by atoms with van der Waals surface area (Å²) in [7, 11) is -2.08. The smallest absolute Gasteiger partial charge is 0.240 e. The van der Waals surface area contributed by atoms with Gasteiger partial charge in [0.2, 0.25) is 9.04 Å². The normalized spacial score (nSPS) is 34.7. The van der Waals surface area contributed by atoms with Gasteiger partial charge in [-0.3, -0.25) is 4.79 Å². The van der Waals surface area contributed by atoms with Crippen LogP contribution in [0.25, 0.3) is 0 Å². The van der Waals surface area contributed by atoms with Crippen molar-refractivity contribution in [2.75, 3.05) is 6.79 Å². The Morgan fingerprint density at radius 1 is 0.844 bits per heavy atom. The summed E-state index contributed by atoms with van der Waals surface area (Å²) in [5.74, 6) is 1.06. The van der Waals surface area contributed by atoms with Crippen molar-refractivity contribution in [3.63, 3.8) is 0 Å². The maximum Gasteiger partial charge on any atom is 0.240 e. The van der Waals surface area contributed by atoms with Gasteiger partial charge in [-0.1, -0.05) is 126 Å². The third kappa shape index (κ3) is 5.91. The monoisotopic (exact) mass is 624 g/mol. The second-order valence-corrected chi connectivity index (χ2v) is 17.2. The number of Topliss-reactive ketones (excluding diaryl/α,β-unsaturated/α-hetero) is 1. The van der Waals surface area contributed by atoms with Gasteiger partial charge >= 0.3 is 0 Å². The number of carbonyl (C=O) groups excluding carboxylic acids is 1. The van der Waals surface area contributed by atoms with Gasteiger partial charge in [0.25, 0.3) is 0 Å². The molecule has 3 aromatic carbocycles. The molecule has 3 aliphatic carbocycles. The van der Waals surface area contributed by atoms with Crippen LogP contribution in [0.3, 0.4) is 0 Å². The van der Waals surface area contributed by atoms with E-state index in [0.717, 1.165) is 37.7 Å². The lowest BCUT2D eigenvalue weighted by Gasteiger charge is -2.63. The summed E-state index contributed by atoms with van der Waals surface area (Å²) in [6.45, 7) is 12.7. The van der Waals surface area contributed by atoms with E-state index in [9.17, 15) is 4.79 Å². The number of ether oxygens (including phenoxy) is 2. The molecular weight excluding hydrogens is 573 g/mol. The highest BCUT2D eigenvalue weighted by molar-refractivity contribution is 6.80. The molecular formula is C40H52O4Si. The first kappa shape index (κ1) is 32.4. The van der Waals surface area contributed by atoms with Gasteiger partial charge in [-0.05, 0) is 70.7 Å². The summed E-state index contributed by atoms with van der Waals surface area (Å²) < 4.78 is 20.7. The van der Waals surface area contributed by atoms with Crippen LogP contribution in [0.5, 0.6) is 0 Å². The van der Waals surface area contributed by atoms with Crippen LogP contribution >= 0.6 is 0 Å². The fourth-order valence-corrected chi connectivity index (χ4v) is 12.2. The van der Waals surface area contributed by atoms with Crippen LogP contribution in [-0.2, 0) is 25.3 Å². The summed E-state index contributed by atoms with van der Waals surface area (Å²) in [5.41, 5.74) is 0.667. The SMILES string of the molecule is CC[C@]1(C)C[C@@H](O[SiH](c2ccccc2)c2ccccc2)[C@@]2(C)C3C(=O)CC[C@@]3(CC[C@H]2C)[C@@H](C)[C@@H]1OCOCc1ccccc1. The zero-order valence-electron chi connectivity index (χ0n) is 27.9. The lowest BCUT2D eigenvalue weighted by molar-refractivity contribution is -0.223. The minimum atomic E-state index is -2.08. The lowest BCUT2D eigenvalue weighted by Crippen LogP contribution is -2.65. The van der Waals surface area contributed by atoms with Crippen molar-refractivity contribution in [1.82, 2.24) is 0 Å². The van der Waals surface area contributed by atoms with Crippen LogP contribution in [0.15, 0.2) is 91.0 Å². The molecule has 0 radical (unpaired) electrons. The number of benzene rings is 3. The largest absolute Gasteiger partial charge is 0.407 e. The lowest BCUT2D eigenvalue weighted by atomic mass is 9.43. The number of carbonyl (C=O) groups is 1. The molecule has 4 nitrogen and oxygen atoms in total. The molecule has 0 N–H and O–H groups in total. The van der Waals surface area contributed by atoms with Gasteiger partial charge < -0.3 is 13.9 Å². The summed E-state index contributed by atoms with van der Waals surface area (Å²) in [5, 5.41) is 2.58. The Balaban J connectivity index is 1.40.